The van der Waals surface area contributed by atoms with E-state index >= 15 is 0 Å². The molecule has 8 nitrogen and oxygen atoms in total. The fourth-order valence-corrected chi connectivity index (χ4v) is 5.06. The van der Waals surface area contributed by atoms with E-state index < -0.39 is 6.10 Å². The summed E-state index contributed by atoms with van der Waals surface area (Å²) in [6, 6.07) is 7.28. The Morgan fingerprint density at radius 1 is 1.19 bits per heavy atom. The molecule has 1 fully saturated rings. The van der Waals surface area contributed by atoms with E-state index in [2.05, 4.69) is 15.0 Å². The van der Waals surface area contributed by atoms with Crippen LogP contribution in [0, 0.1) is 18.8 Å². The molecular formula is C28H32ClN3O5. The number of aliphatic hydroxyl groups is 1. The highest BCUT2D eigenvalue weighted by atomic mass is 35.5. The van der Waals surface area contributed by atoms with Gasteiger partial charge in [0.2, 0.25) is 5.88 Å². The topological polar surface area (TPSA) is 115 Å². The van der Waals surface area contributed by atoms with Gasteiger partial charge in [-0.25, -0.2) is 9.97 Å². The van der Waals surface area contributed by atoms with Gasteiger partial charge in [-0.1, -0.05) is 30.7 Å². The standard InChI is InChI=1S/C28H32ClN3O5/c1-15(28(35)37-4)26(18-6-7-18)19-8-5-17(24(34)11-19)9-10-23(33)27-16(2)32-22(14-31-27)20-12-25(36-3)30-13-21(20)29/h5,8,11-15,18,23,26,33-34H,6-7,9-10H2,1-4H3. The van der Waals surface area contributed by atoms with E-state index in [-0.39, 0.29) is 23.6 Å². The smallest absolute Gasteiger partial charge is 0.309 e. The number of aliphatic hydroxyl groups excluding tert-OH is 1. The summed E-state index contributed by atoms with van der Waals surface area (Å²) in [6.07, 6.45) is 5.15. The van der Waals surface area contributed by atoms with Gasteiger partial charge in [0.25, 0.3) is 0 Å². The third kappa shape index (κ3) is 6.02. The van der Waals surface area contributed by atoms with Gasteiger partial charge in [0, 0.05) is 11.6 Å². The van der Waals surface area contributed by atoms with Gasteiger partial charge >= 0.3 is 5.97 Å². The second-order valence-electron chi connectivity index (χ2n) is 9.55. The van der Waals surface area contributed by atoms with Gasteiger partial charge in [0.05, 0.1) is 60.7 Å². The summed E-state index contributed by atoms with van der Waals surface area (Å²) in [6.45, 7) is 3.66. The molecule has 3 atom stereocenters. The Morgan fingerprint density at radius 2 is 1.95 bits per heavy atom. The molecular weight excluding hydrogens is 494 g/mol. The average Bonchev–Trinajstić information content (AvgIpc) is 3.73. The van der Waals surface area contributed by atoms with Gasteiger partial charge in [0.1, 0.15) is 5.75 Å². The van der Waals surface area contributed by atoms with Crippen molar-refractivity contribution in [1.29, 1.82) is 0 Å². The van der Waals surface area contributed by atoms with E-state index in [0.717, 1.165) is 24.0 Å². The number of phenols is 1. The number of aromatic hydroxyl groups is 1. The number of hydrogen-bond acceptors (Lipinski definition) is 8. The number of ether oxygens (including phenoxy) is 2. The summed E-state index contributed by atoms with van der Waals surface area (Å²) in [4.78, 5) is 25.3. The molecule has 0 amide bonds. The molecule has 3 unspecified atom stereocenters. The van der Waals surface area contributed by atoms with Crippen LogP contribution in [-0.2, 0) is 16.0 Å². The molecule has 2 heterocycles. The van der Waals surface area contributed by atoms with Crippen LogP contribution in [0.4, 0.5) is 0 Å². The number of aromatic nitrogens is 3. The van der Waals surface area contributed by atoms with Gasteiger partial charge in [-0.15, -0.1) is 0 Å². The zero-order valence-corrected chi connectivity index (χ0v) is 22.2. The second-order valence-corrected chi connectivity index (χ2v) is 9.96. The van der Waals surface area contributed by atoms with Crippen molar-refractivity contribution in [2.75, 3.05) is 14.2 Å². The molecule has 1 aliphatic carbocycles. The minimum atomic E-state index is -0.860. The molecule has 0 bridgehead atoms. The van der Waals surface area contributed by atoms with E-state index in [0.29, 0.717) is 52.3 Å². The van der Waals surface area contributed by atoms with Crippen LogP contribution in [0.3, 0.4) is 0 Å². The normalized spacial score (nSPS) is 15.6. The van der Waals surface area contributed by atoms with Crippen LogP contribution in [0.25, 0.3) is 11.3 Å². The first-order valence-electron chi connectivity index (χ1n) is 12.3. The van der Waals surface area contributed by atoms with Gasteiger partial charge in [0.15, 0.2) is 0 Å². The van der Waals surface area contributed by atoms with Gasteiger partial charge in [-0.05, 0) is 61.6 Å². The minimum Gasteiger partial charge on any atom is -0.508 e. The average molecular weight is 526 g/mol. The molecule has 2 aromatic heterocycles. The van der Waals surface area contributed by atoms with E-state index in [1.165, 1.54) is 20.4 Å². The number of hydrogen-bond donors (Lipinski definition) is 2. The molecule has 1 aromatic carbocycles. The summed E-state index contributed by atoms with van der Waals surface area (Å²) in [5.41, 5.74) is 3.91. The summed E-state index contributed by atoms with van der Waals surface area (Å²) in [7, 11) is 2.93. The quantitative estimate of drug-likeness (QED) is 0.348. The molecule has 1 aliphatic rings. The van der Waals surface area contributed by atoms with Crippen LogP contribution in [-0.4, -0.2) is 45.4 Å². The van der Waals surface area contributed by atoms with Crippen LogP contribution in [0.5, 0.6) is 11.6 Å². The van der Waals surface area contributed by atoms with Crippen LogP contribution in [0.1, 0.15) is 60.7 Å². The summed E-state index contributed by atoms with van der Waals surface area (Å²) < 4.78 is 10.1. The molecule has 37 heavy (non-hydrogen) atoms. The highest BCUT2D eigenvalue weighted by molar-refractivity contribution is 6.33. The molecule has 0 saturated heterocycles. The lowest BCUT2D eigenvalue weighted by molar-refractivity contribution is -0.145. The first-order valence-corrected chi connectivity index (χ1v) is 12.7. The summed E-state index contributed by atoms with van der Waals surface area (Å²) in [5, 5.41) is 22.0. The predicted molar refractivity (Wildman–Crippen MR) is 140 cm³/mol. The Hall–Kier alpha value is -3.23. The van der Waals surface area contributed by atoms with Crippen molar-refractivity contribution in [2.24, 2.45) is 11.8 Å². The van der Waals surface area contributed by atoms with Crippen LogP contribution < -0.4 is 4.74 Å². The van der Waals surface area contributed by atoms with Crippen molar-refractivity contribution in [2.45, 2.75) is 51.6 Å². The molecule has 196 valence electrons. The monoisotopic (exact) mass is 525 g/mol. The van der Waals surface area contributed by atoms with Crippen molar-refractivity contribution in [1.82, 2.24) is 15.0 Å². The molecule has 4 rings (SSSR count). The first kappa shape index (κ1) is 26.8. The zero-order chi connectivity index (χ0) is 26.7. The van der Waals surface area contributed by atoms with Gasteiger partial charge in [-0.3, -0.25) is 9.78 Å². The number of halogens is 1. The molecule has 0 aliphatic heterocycles. The molecule has 1 saturated carbocycles. The van der Waals surface area contributed by atoms with Crippen molar-refractivity contribution < 1.29 is 24.5 Å². The number of phenolic OH excluding ortho intramolecular Hbond substituents is 1. The lowest BCUT2D eigenvalue weighted by Gasteiger charge is -2.23. The van der Waals surface area contributed by atoms with Crippen LogP contribution in [0.2, 0.25) is 5.02 Å². The number of benzene rings is 1. The summed E-state index contributed by atoms with van der Waals surface area (Å²) >= 11 is 6.28. The maximum absolute atomic E-state index is 12.2. The Kier molecular flexibility index (Phi) is 8.29. The number of esters is 1. The number of methoxy groups -OCH3 is 2. The first-order chi connectivity index (χ1) is 17.7. The Bertz CT molecular complexity index is 1280. The maximum Gasteiger partial charge on any atom is 0.309 e. The maximum atomic E-state index is 12.2. The lowest BCUT2D eigenvalue weighted by Crippen LogP contribution is -2.22. The Morgan fingerprint density at radius 3 is 2.57 bits per heavy atom. The number of carbonyl (C=O) groups is 1. The molecule has 2 N–H and O–H groups in total. The summed E-state index contributed by atoms with van der Waals surface area (Å²) in [5.74, 6) is 0.495. The van der Waals surface area contributed by atoms with Crippen LogP contribution >= 0.6 is 11.6 Å². The third-order valence-electron chi connectivity index (χ3n) is 7.04. The SMILES string of the molecule is COC(=O)C(C)C(c1ccc(CCC(O)c2ncc(-c3cc(OC)ncc3Cl)nc2C)c(O)c1)C1CC1. The van der Waals surface area contributed by atoms with Crippen molar-refractivity contribution >= 4 is 17.6 Å². The van der Waals surface area contributed by atoms with Crippen molar-refractivity contribution in [3.63, 3.8) is 0 Å². The highest BCUT2D eigenvalue weighted by Gasteiger charge is 2.39. The number of rotatable bonds is 10. The third-order valence-corrected chi connectivity index (χ3v) is 7.34. The number of nitrogens with zero attached hydrogens (tertiary/aromatic N) is 3. The van der Waals surface area contributed by atoms with E-state index in [4.69, 9.17) is 21.1 Å². The van der Waals surface area contributed by atoms with Gasteiger partial charge < -0.3 is 19.7 Å². The lowest BCUT2D eigenvalue weighted by atomic mass is 9.82. The second kappa shape index (κ2) is 11.4. The fourth-order valence-electron chi connectivity index (χ4n) is 4.86. The number of pyridine rings is 1. The zero-order valence-electron chi connectivity index (χ0n) is 21.4. The predicted octanol–water partition coefficient (Wildman–Crippen LogP) is 5.18. The molecule has 0 spiro atoms. The molecule has 9 heteroatoms. The van der Waals surface area contributed by atoms with E-state index in [9.17, 15) is 15.0 Å². The Balaban J connectivity index is 1.46. The fraction of sp³-hybridized carbons (Fsp3) is 0.429. The highest BCUT2D eigenvalue weighted by Crippen LogP contribution is 2.47. The molecule has 3 aromatic rings. The molecule has 0 radical (unpaired) electrons. The number of aryl methyl sites for hydroxylation is 2. The van der Waals surface area contributed by atoms with Gasteiger partial charge in [-0.2, -0.15) is 0 Å². The van der Waals surface area contributed by atoms with E-state index in [1.54, 1.807) is 25.3 Å². The van der Waals surface area contributed by atoms with Crippen molar-refractivity contribution in [3.05, 3.63) is 64.2 Å². The largest absolute Gasteiger partial charge is 0.508 e. The number of carbonyl (C=O) groups excluding carboxylic acids is 1. The van der Waals surface area contributed by atoms with E-state index in [1.807, 2.05) is 19.1 Å². The van der Waals surface area contributed by atoms with Crippen molar-refractivity contribution in [3.8, 4) is 22.9 Å². The minimum absolute atomic E-state index is 0.0169. The Labute approximate surface area is 221 Å². The van der Waals surface area contributed by atoms with Crippen LogP contribution in [0.15, 0.2) is 36.7 Å².